The molecule has 1 fully saturated rings. The molecule has 0 aromatic heterocycles. The lowest BCUT2D eigenvalue weighted by atomic mass is 9.97. The van der Waals surface area contributed by atoms with E-state index in [2.05, 4.69) is 57.8 Å². The van der Waals surface area contributed by atoms with E-state index in [1.54, 1.807) is 19.0 Å². The highest BCUT2D eigenvalue weighted by atomic mass is 127. The van der Waals surface area contributed by atoms with Gasteiger partial charge in [0.05, 0.1) is 0 Å². The van der Waals surface area contributed by atoms with Crippen LogP contribution < -0.4 is 10.6 Å². The zero-order chi connectivity index (χ0) is 22.2. The second-order valence-corrected chi connectivity index (χ2v) is 8.49. The molecule has 2 atom stereocenters. The molecule has 1 aliphatic heterocycles. The Bertz CT molecular complexity index is 870. The van der Waals surface area contributed by atoms with E-state index in [1.165, 1.54) is 5.56 Å². The molecule has 174 valence electrons. The molecule has 0 saturated carbocycles. The van der Waals surface area contributed by atoms with Gasteiger partial charge in [-0.05, 0) is 43.0 Å². The maximum Gasteiger partial charge on any atom is 0.253 e. The number of carbonyl (C=O) groups excluding carboxylic acids is 1. The van der Waals surface area contributed by atoms with Crippen LogP contribution in [0.1, 0.15) is 41.3 Å². The highest BCUT2D eigenvalue weighted by Crippen LogP contribution is 2.20. The molecule has 7 heteroatoms. The average Bonchev–Trinajstić information content (AvgIpc) is 2.79. The van der Waals surface area contributed by atoms with Crippen molar-refractivity contribution in [2.45, 2.75) is 44.9 Å². The standard InChI is InChI=1S/C25H35N5O.HI/c1-19-16-23(14-15-30(19)18-21-8-6-5-7-9-21)28-25(26-2)27-17-20-10-12-22(13-11-20)24(31)29(3)4;/h5-13,19,23H,14-18H2,1-4H3,(H2,26,27,28);1H. The normalized spacial score (nSPS) is 19.1. The van der Waals surface area contributed by atoms with Crippen LogP contribution in [0, 0.1) is 0 Å². The first-order valence-electron chi connectivity index (χ1n) is 11.0. The number of benzene rings is 2. The van der Waals surface area contributed by atoms with Gasteiger partial charge in [-0.25, -0.2) is 0 Å². The number of nitrogens with one attached hydrogen (secondary N) is 2. The molecule has 2 unspecified atom stereocenters. The van der Waals surface area contributed by atoms with Gasteiger partial charge in [-0.15, -0.1) is 24.0 Å². The Hall–Kier alpha value is -2.13. The summed E-state index contributed by atoms with van der Waals surface area (Å²) in [6.07, 6.45) is 2.19. The monoisotopic (exact) mass is 549 g/mol. The molecule has 2 aromatic carbocycles. The summed E-state index contributed by atoms with van der Waals surface area (Å²) >= 11 is 0. The first-order valence-corrected chi connectivity index (χ1v) is 11.0. The van der Waals surface area contributed by atoms with Crippen molar-refractivity contribution in [3.05, 3.63) is 71.3 Å². The fraction of sp³-hybridized carbons (Fsp3) is 0.440. The van der Waals surface area contributed by atoms with Crippen molar-refractivity contribution in [3.63, 3.8) is 0 Å². The van der Waals surface area contributed by atoms with Crippen molar-refractivity contribution in [3.8, 4) is 0 Å². The molecule has 0 aliphatic carbocycles. The van der Waals surface area contributed by atoms with Crippen LogP contribution in [0.15, 0.2) is 59.6 Å². The van der Waals surface area contributed by atoms with E-state index >= 15 is 0 Å². The number of likely N-dealkylation sites (tertiary alicyclic amines) is 1. The van der Waals surface area contributed by atoms with E-state index in [0.717, 1.165) is 37.5 Å². The number of halogens is 1. The van der Waals surface area contributed by atoms with Crippen molar-refractivity contribution < 1.29 is 4.79 Å². The number of nitrogens with zero attached hydrogens (tertiary/aromatic N) is 3. The molecule has 1 amide bonds. The Morgan fingerprint density at radius 2 is 1.78 bits per heavy atom. The molecule has 1 aliphatic rings. The van der Waals surface area contributed by atoms with E-state index in [0.29, 0.717) is 24.2 Å². The van der Waals surface area contributed by atoms with Crippen molar-refractivity contribution in [1.82, 2.24) is 20.4 Å². The summed E-state index contributed by atoms with van der Waals surface area (Å²) in [6, 6.07) is 19.3. The van der Waals surface area contributed by atoms with E-state index in [4.69, 9.17) is 0 Å². The number of guanidine groups is 1. The Morgan fingerprint density at radius 1 is 1.09 bits per heavy atom. The lowest BCUT2D eigenvalue weighted by molar-refractivity contribution is 0.0827. The van der Waals surface area contributed by atoms with Gasteiger partial charge in [0.1, 0.15) is 0 Å². The number of piperidine rings is 1. The predicted molar refractivity (Wildman–Crippen MR) is 143 cm³/mol. The van der Waals surface area contributed by atoms with Crippen molar-refractivity contribution in [2.75, 3.05) is 27.7 Å². The molecular formula is C25H36IN5O. The maximum absolute atomic E-state index is 12.0. The van der Waals surface area contributed by atoms with Crippen LogP contribution in [-0.4, -0.2) is 61.4 Å². The zero-order valence-corrected chi connectivity index (χ0v) is 21.9. The second kappa shape index (κ2) is 12.8. The molecule has 1 heterocycles. The Labute approximate surface area is 209 Å². The minimum atomic E-state index is 0. The first-order chi connectivity index (χ1) is 15.0. The van der Waals surface area contributed by atoms with Crippen LogP contribution in [0.5, 0.6) is 0 Å². The Morgan fingerprint density at radius 3 is 2.38 bits per heavy atom. The van der Waals surface area contributed by atoms with Crippen molar-refractivity contribution in [2.24, 2.45) is 4.99 Å². The summed E-state index contributed by atoms with van der Waals surface area (Å²) in [6.45, 7) is 5.06. The summed E-state index contributed by atoms with van der Waals surface area (Å²) < 4.78 is 0. The molecular weight excluding hydrogens is 513 g/mol. The van der Waals surface area contributed by atoms with Crippen molar-refractivity contribution >= 4 is 35.8 Å². The highest BCUT2D eigenvalue weighted by Gasteiger charge is 2.25. The molecule has 3 rings (SSSR count). The molecule has 32 heavy (non-hydrogen) atoms. The summed E-state index contributed by atoms with van der Waals surface area (Å²) in [5.41, 5.74) is 3.19. The van der Waals surface area contributed by atoms with E-state index in [1.807, 2.05) is 31.3 Å². The second-order valence-electron chi connectivity index (χ2n) is 8.49. The third-order valence-electron chi connectivity index (χ3n) is 5.87. The van der Waals surface area contributed by atoms with Gasteiger partial charge >= 0.3 is 0 Å². The van der Waals surface area contributed by atoms with Crippen LogP contribution >= 0.6 is 24.0 Å². The smallest absolute Gasteiger partial charge is 0.253 e. The third-order valence-corrected chi connectivity index (χ3v) is 5.87. The van der Waals surface area contributed by atoms with Gasteiger partial charge in [0, 0.05) is 58.4 Å². The fourth-order valence-electron chi connectivity index (χ4n) is 4.00. The third kappa shape index (κ3) is 7.48. The van der Waals surface area contributed by atoms with Gasteiger partial charge in [-0.1, -0.05) is 42.5 Å². The van der Waals surface area contributed by atoms with Gasteiger partial charge < -0.3 is 15.5 Å². The number of carbonyl (C=O) groups is 1. The molecule has 2 N–H and O–H groups in total. The molecule has 0 bridgehead atoms. The Kier molecular flexibility index (Phi) is 10.4. The zero-order valence-electron chi connectivity index (χ0n) is 19.5. The number of hydrogen-bond acceptors (Lipinski definition) is 3. The summed E-state index contributed by atoms with van der Waals surface area (Å²) in [5, 5.41) is 6.99. The molecule has 1 saturated heterocycles. The maximum atomic E-state index is 12.0. The Balaban J connectivity index is 0.00000363. The molecule has 2 aromatic rings. The summed E-state index contributed by atoms with van der Waals surface area (Å²) in [4.78, 5) is 20.6. The summed E-state index contributed by atoms with van der Waals surface area (Å²) in [5.74, 6) is 0.840. The number of amides is 1. The molecule has 0 spiro atoms. The van der Waals surface area contributed by atoms with Gasteiger partial charge in [-0.3, -0.25) is 14.7 Å². The van der Waals surface area contributed by atoms with Gasteiger partial charge in [0.25, 0.3) is 5.91 Å². The van der Waals surface area contributed by atoms with Gasteiger partial charge in [0.15, 0.2) is 5.96 Å². The lowest BCUT2D eigenvalue weighted by Gasteiger charge is -2.38. The van der Waals surface area contributed by atoms with Crippen LogP contribution in [0.2, 0.25) is 0 Å². The number of rotatable bonds is 6. The minimum absolute atomic E-state index is 0. The predicted octanol–water partition coefficient (Wildman–Crippen LogP) is 3.72. The van der Waals surface area contributed by atoms with E-state index in [9.17, 15) is 4.79 Å². The lowest BCUT2D eigenvalue weighted by Crippen LogP contribution is -2.51. The molecule has 6 nitrogen and oxygen atoms in total. The quantitative estimate of drug-likeness (QED) is 0.328. The molecule has 0 radical (unpaired) electrons. The van der Waals surface area contributed by atoms with Crippen LogP contribution in [0.25, 0.3) is 0 Å². The largest absolute Gasteiger partial charge is 0.354 e. The van der Waals surface area contributed by atoms with Gasteiger partial charge in [-0.2, -0.15) is 0 Å². The minimum Gasteiger partial charge on any atom is -0.354 e. The summed E-state index contributed by atoms with van der Waals surface area (Å²) in [7, 11) is 5.34. The van der Waals surface area contributed by atoms with E-state index in [-0.39, 0.29) is 29.9 Å². The SMILES string of the molecule is CN=C(NCc1ccc(C(=O)N(C)C)cc1)NC1CCN(Cc2ccccc2)C(C)C1.I. The number of hydrogen-bond donors (Lipinski definition) is 2. The van der Waals surface area contributed by atoms with Gasteiger partial charge in [0.2, 0.25) is 0 Å². The van der Waals surface area contributed by atoms with E-state index < -0.39 is 0 Å². The van der Waals surface area contributed by atoms with Crippen LogP contribution in [0.4, 0.5) is 0 Å². The fourth-order valence-corrected chi connectivity index (χ4v) is 4.00. The van der Waals surface area contributed by atoms with Crippen molar-refractivity contribution in [1.29, 1.82) is 0 Å². The van der Waals surface area contributed by atoms with Crippen LogP contribution in [-0.2, 0) is 13.1 Å². The average molecular weight is 550 g/mol. The first kappa shape index (κ1) is 26.1. The van der Waals surface area contributed by atoms with Crippen LogP contribution in [0.3, 0.4) is 0 Å². The highest BCUT2D eigenvalue weighted by molar-refractivity contribution is 14.0. The number of aliphatic imine (C=N–C) groups is 1. The topological polar surface area (TPSA) is 60.0 Å².